The number of nitrogens with zero attached hydrogens (tertiary/aromatic N) is 2. The Kier molecular flexibility index (Phi) is 3.69. The number of halogens is 1. The van der Waals surface area contributed by atoms with Crippen LogP contribution in [-0.4, -0.2) is 12.6 Å². The van der Waals surface area contributed by atoms with Crippen LogP contribution < -0.4 is 4.90 Å². The molecule has 0 spiro atoms. The van der Waals surface area contributed by atoms with Gasteiger partial charge in [-0.05, 0) is 31.4 Å². The first-order chi connectivity index (χ1) is 7.83. The first-order valence-corrected chi connectivity index (χ1v) is 6.09. The Morgan fingerprint density at radius 1 is 1.38 bits per heavy atom. The van der Waals surface area contributed by atoms with Crippen molar-refractivity contribution in [2.45, 2.75) is 31.7 Å². The summed E-state index contributed by atoms with van der Waals surface area (Å²) in [5, 5.41) is 9.63. The number of anilines is 1. The Morgan fingerprint density at radius 2 is 2.19 bits per heavy atom. The highest BCUT2D eigenvalue weighted by Gasteiger charge is 2.23. The predicted molar refractivity (Wildman–Crippen MR) is 66.7 cm³/mol. The molecule has 2 nitrogen and oxygen atoms in total. The molecule has 1 saturated heterocycles. The van der Waals surface area contributed by atoms with Crippen LogP contribution in [0.4, 0.5) is 5.69 Å². The minimum absolute atomic E-state index is 0.332. The van der Waals surface area contributed by atoms with Crippen LogP contribution in [0.2, 0.25) is 5.02 Å². The zero-order chi connectivity index (χ0) is 11.4. The molecule has 2 rings (SSSR count). The van der Waals surface area contributed by atoms with E-state index < -0.39 is 0 Å². The molecule has 16 heavy (non-hydrogen) atoms. The largest absolute Gasteiger partial charge is 0.366 e. The van der Waals surface area contributed by atoms with E-state index in [9.17, 15) is 0 Å². The summed E-state index contributed by atoms with van der Waals surface area (Å²) in [6.07, 6.45) is 4.09. The molecule has 1 aliphatic heterocycles. The smallest absolute Gasteiger partial charge is 0.0643 e. The highest BCUT2D eigenvalue weighted by atomic mass is 35.5. The van der Waals surface area contributed by atoms with E-state index in [1.54, 1.807) is 0 Å². The Morgan fingerprint density at radius 3 is 2.94 bits per heavy atom. The van der Waals surface area contributed by atoms with Gasteiger partial charge >= 0.3 is 0 Å². The van der Waals surface area contributed by atoms with Crippen LogP contribution in [0.15, 0.2) is 24.3 Å². The molecule has 84 valence electrons. The van der Waals surface area contributed by atoms with E-state index in [2.05, 4.69) is 11.0 Å². The summed E-state index contributed by atoms with van der Waals surface area (Å²) in [5.41, 5.74) is 1.07. The van der Waals surface area contributed by atoms with E-state index in [0.29, 0.717) is 12.5 Å². The third-order valence-electron chi connectivity index (χ3n) is 3.12. The molecule has 1 aliphatic rings. The number of hydrogen-bond acceptors (Lipinski definition) is 2. The van der Waals surface area contributed by atoms with Gasteiger partial charge in [-0.2, -0.15) is 5.26 Å². The topological polar surface area (TPSA) is 27.0 Å². The van der Waals surface area contributed by atoms with Crippen molar-refractivity contribution in [3.63, 3.8) is 0 Å². The van der Waals surface area contributed by atoms with Gasteiger partial charge in [-0.15, -0.1) is 0 Å². The van der Waals surface area contributed by atoms with Gasteiger partial charge in [0.05, 0.1) is 23.2 Å². The molecule has 0 bridgehead atoms. The first-order valence-electron chi connectivity index (χ1n) is 5.71. The molecule has 0 saturated carbocycles. The third-order valence-corrected chi connectivity index (χ3v) is 3.44. The van der Waals surface area contributed by atoms with Crippen molar-refractivity contribution in [1.29, 1.82) is 5.26 Å². The van der Waals surface area contributed by atoms with Gasteiger partial charge in [0, 0.05) is 12.6 Å². The second kappa shape index (κ2) is 5.23. The second-order valence-electron chi connectivity index (χ2n) is 4.16. The maximum Gasteiger partial charge on any atom is 0.0643 e. The van der Waals surface area contributed by atoms with Crippen molar-refractivity contribution in [2.24, 2.45) is 0 Å². The second-order valence-corrected chi connectivity index (χ2v) is 4.56. The molecule has 3 heteroatoms. The Hall–Kier alpha value is -1.20. The molecule has 0 aliphatic carbocycles. The van der Waals surface area contributed by atoms with Crippen molar-refractivity contribution in [1.82, 2.24) is 0 Å². The van der Waals surface area contributed by atoms with Gasteiger partial charge in [0.25, 0.3) is 0 Å². The summed E-state index contributed by atoms with van der Waals surface area (Å²) in [6.45, 7) is 1.01. The number of hydrogen-bond donors (Lipinski definition) is 0. The van der Waals surface area contributed by atoms with Crippen molar-refractivity contribution in [2.75, 3.05) is 11.4 Å². The quantitative estimate of drug-likeness (QED) is 0.782. The molecule has 0 N–H and O–H groups in total. The van der Waals surface area contributed by atoms with E-state index in [1.807, 2.05) is 24.3 Å². The molecule has 1 atom stereocenters. The van der Waals surface area contributed by atoms with Crippen molar-refractivity contribution in [3.8, 4) is 6.07 Å². The minimum Gasteiger partial charge on any atom is -0.366 e. The van der Waals surface area contributed by atoms with Crippen molar-refractivity contribution < 1.29 is 0 Å². The fourth-order valence-electron chi connectivity index (χ4n) is 2.32. The Labute approximate surface area is 101 Å². The van der Waals surface area contributed by atoms with Crippen LogP contribution >= 0.6 is 11.6 Å². The predicted octanol–water partition coefficient (Wildman–Crippen LogP) is 3.61. The van der Waals surface area contributed by atoms with Crippen LogP contribution in [-0.2, 0) is 0 Å². The van der Waals surface area contributed by atoms with Crippen LogP contribution in [0.3, 0.4) is 0 Å². The molecule has 1 aromatic rings. The number of rotatable bonds is 2. The third kappa shape index (κ3) is 2.31. The summed E-state index contributed by atoms with van der Waals surface area (Å²) in [4.78, 5) is 2.29. The molecular weight excluding hydrogens is 220 g/mol. The maximum atomic E-state index is 8.84. The van der Waals surface area contributed by atoms with Crippen LogP contribution in [0, 0.1) is 11.3 Å². The lowest BCUT2D eigenvalue weighted by atomic mass is 9.99. The summed E-state index contributed by atoms with van der Waals surface area (Å²) in [5.74, 6) is 0. The molecule has 0 aromatic heterocycles. The van der Waals surface area contributed by atoms with Gasteiger partial charge in [-0.25, -0.2) is 0 Å². The highest BCUT2D eigenvalue weighted by molar-refractivity contribution is 6.33. The Balaban J connectivity index is 2.24. The summed E-state index contributed by atoms with van der Waals surface area (Å²) in [6, 6.07) is 10.5. The van der Waals surface area contributed by atoms with Gasteiger partial charge in [-0.1, -0.05) is 23.7 Å². The molecule has 1 fully saturated rings. The zero-order valence-electron chi connectivity index (χ0n) is 9.19. The molecular formula is C13H15ClN2. The normalized spacial score (nSPS) is 20.5. The van der Waals surface area contributed by atoms with Gasteiger partial charge in [-0.3, -0.25) is 0 Å². The lowest BCUT2D eigenvalue weighted by molar-refractivity contribution is 0.465. The zero-order valence-corrected chi connectivity index (χ0v) is 9.95. The van der Waals surface area contributed by atoms with Crippen LogP contribution in [0.5, 0.6) is 0 Å². The first kappa shape index (κ1) is 11.3. The molecule has 1 aromatic carbocycles. The van der Waals surface area contributed by atoms with E-state index in [-0.39, 0.29) is 0 Å². The van der Waals surface area contributed by atoms with Gasteiger partial charge in [0.1, 0.15) is 0 Å². The van der Waals surface area contributed by atoms with Gasteiger partial charge in [0.15, 0.2) is 0 Å². The molecule has 0 amide bonds. The lowest BCUT2D eigenvalue weighted by Crippen LogP contribution is -2.39. The SMILES string of the molecule is N#CCC1CCCCN1c1ccccc1Cl. The average molecular weight is 235 g/mol. The van der Waals surface area contributed by atoms with Crippen molar-refractivity contribution >= 4 is 17.3 Å². The van der Waals surface area contributed by atoms with E-state index >= 15 is 0 Å². The van der Waals surface area contributed by atoms with Gasteiger partial charge in [0.2, 0.25) is 0 Å². The number of nitriles is 1. The number of para-hydroxylation sites is 1. The number of benzene rings is 1. The van der Waals surface area contributed by atoms with E-state index in [1.165, 1.54) is 12.8 Å². The summed E-state index contributed by atoms with van der Waals surface area (Å²) >= 11 is 6.20. The minimum atomic E-state index is 0.332. The summed E-state index contributed by atoms with van der Waals surface area (Å²) < 4.78 is 0. The maximum absolute atomic E-state index is 8.84. The lowest BCUT2D eigenvalue weighted by Gasteiger charge is -2.36. The molecule has 0 radical (unpaired) electrons. The fourth-order valence-corrected chi connectivity index (χ4v) is 2.56. The average Bonchev–Trinajstić information content (AvgIpc) is 2.31. The van der Waals surface area contributed by atoms with Crippen LogP contribution in [0.25, 0.3) is 0 Å². The van der Waals surface area contributed by atoms with Crippen molar-refractivity contribution in [3.05, 3.63) is 29.3 Å². The standard InChI is InChI=1S/C13H15ClN2/c14-12-6-1-2-7-13(12)16-10-4-3-5-11(16)8-9-15/h1-2,6-7,11H,3-5,8,10H2. The Bertz CT molecular complexity index is 397. The fraction of sp³-hybridized carbons (Fsp3) is 0.462. The monoisotopic (exact) mass is 234 g/mol. The van der Waals surface area contributed by atoms with E-state index in [4.69, 9.17) is 16.9 Å². The molecule has 1 heterocycles. The van der Waals surface area contributed by atoms with E-state index in [0.717, 1.165) is 23.7 Å². The van der Waals surface area contributed by atoms with Gasteiger partial charge < -0.3 is 4.90 Å². The van der Waals surface area contributed by atoms with Crippen LogP contribution in [0.1, 0.15) is 25.7 Å². The molecule has 1 unspecified atom stereocenters. The summed E-state index contributed by atoms with van der Waals surface area (Å²) in [7, 11) is 0. The highest BCUT2D eigenvalue weighted by Crippen LogP contribution is 2.31. The number of piperidine rings is 1.